The van der Waals surface area contributed by atoms with E-state index in [0.717, 1.165) is 16.9 Å². The van der Waals surface area contributed by atoms with Crippen LogP contribution in [0.25, 0.3) is 5.69 Å². The molecular formula is C19H18FN3O. The number of carbonyl (C=O) groups excluding carboxylic acids is 1. The Kier molecular flexibility index (Phi) is 4.70. The van der Waals surface area contributed by atoms with Crippen molar-refractivity contribution in [1.29, 1.82) is 0 Å². The summed E-state index contributed by atoms with van der Waals surface area (Å²) in [5.74, 6) is -0.428. The van der Waals surface area contributed by atoms with E-state index in [9.17, 15) is 9.18 Å². The molecule has 0 fully saturated rings. The largest absolute Gasteiger partial charge is 0.326 e. The molecule has 0 saturated carbocycles. The van der Waals surface area contributed by atoms with E-state index in [0.29, 0.717) is 6.42 Å². The maximum atomic E-state index is 13.3. The van der Waals surface area contributed by atoms with Gasteiger partial charge in [0.2, 0.25) is 5.91 Å². The Labute approximate surface area is 140 Å². The highest BCUT2D eigenvalue weighted by Crippen LogP contribution is 2.21. The fraction of sp³-hybridized carbons (Fsp3) is 0.158. The summed E-state index contributed by atoms with van der Waals surface area (Å²) in [6.45, 7) is 1.91. The Hall–Kier alpha value is -2.95. The highest BCUT2D eigenvalue weighted by molar-refractivity contribution is 5.91. The molecule has 0 aliphatic carbocycles. The molecule has 1 heterocycles. The van der Waals surface area contributed by atoms with Crippen LogP contribution in [-0.4, -0.2) is 15.5 Å². The first-order valence-corrected chi connectivity index (χ1v) is 7.75. The van der Waals surface area contributed by atoms with Gasteiger partial charge in [0, 0.05) is 30.2 Å². The number of nitrogens with one attached hydrogen (secondary N) is 1. The Bertz CT molecular complexity index is 813. The summed E-state index contributed by atoms with van der Waals surface area (Å²) in [5, 5.41) is 2.87. The normalized spacial score (nSPS) is 11.9. The van der Waals surface area contributed by atoms with E-state index in [2.05, 4.69) is 10.3 Å². The number of amides is 1. The number of aromatic nitrogens is 2. The minimum atomic E-state index is -0.283. The summed E-state index contributed by atoms with van der Waals surface area (Å²) in [4.78, 5) is 16.2. The monoisotopic (exact) mass is 323 g/mol. The molecular weight excluding hydrogens is 305 g/mol. The molecule has 4 nitrogen and oxygen atoms in total. The van der Waals surface area contributed by atoms with Crippen LogP contribution in [0.2, 0.25) is 0 Å². The number of rotatable bonds is 5. The van der Waals surface area contributed by atoms with Crippen LogP contribution < -0.4 is 5.32 Å². The number of nitrogens with zero attached hydrogens (tertiary/aromatic N) is 2. The van der Waals surface area contributed by atoms with Crippen molar-refractivity contribution in [3.63, 3.8) is 0 Å². The molecule has 2 aromatic carbocycles. The van der Waals surface area contributed by atoms with Gasteiger partial charge < -0.3 is 9.88 Å². The Morgan fingerprint density at radius 3 is 2.71 bits per heavy atom. The van der Waals surface area contributed by atoms with Crippen LogP contribution >= 0.6 is 0 Å². The molecule has 1 N–H and O–H groups in total. The number of imidazole rings is 1. The lowest BCUT2D eigenvalue weighted by molar-refractivity contribution is -0.116. The van der Waals surface area contributed by atoms with Gasteiger partial charge in [-0.2, -0.15) is 0 Å². The van der Waals surface area contributed by atoms with Gasteiger partial charge >= 0.3 is 0 Å². The van der Waals surface area contributed by atoms with E-state index in [-0.39, 0.29) is 17.6 Å². The number of halogens is 1. The molecule has 0 spiro atoms. The summed E-state index contributed by atoms with van der Waals surface area (Å²) < 4.78 is 15.1. The Balaban J connectivity index is 1.60. The molecule has 0 aliphatic heterocycles. The van der Waals surface area contributed by atoms with Gasteiger partial charge in [-0.05, 0) is 47.9 Å². The van der Waals surface area contributed by atoms with Gasteiger partial charge in [-0.15, -0.1) is 0 Å². The first-order valence-electron chi connectivity index (χ1n) is 7.75. The first-order chi connectivity index (χ1) is 11.6. The molecule has 3 aromatic rings. The fourth-order valence-corrected chi connectivity index (χ4v) is 2.55. The van der Waals surface area contributed by atoms with Gasteiger partial charge in [-0.3, -0.25) is 4.79 Å². The Morgan fingerprint density at radius 1 is 1.25 bits per heavy atom. The second kappa shape index (κ2) is 7.08. The summed E-state index contributed by atoms with van der Waals surface area (Å²) in [6, 6.07) is 13.9. The van der Waals surface area contributed by atoms with Gasteiger partial charge in [-0.25, -0.2) is 9.37 Å². The highest BCUT2D eigenvalue weighted by atomic mass is 19.1. The maximum Gasteiger partial charge on any atom is 0.224 e. The highest BCUT2D eigenvalue weighted by Gasteiger charge is 2.12. The van der Waals surface area contributed by atoms with Crippen molar-refractivity contribution in [2.24, 2.45) is 0 Å². The van der Waals surface area contributed by atoms with Crippen molar-refractivity contribution in [3.05, 3.63) is 78.6 Å². The van der Waals surface area contributed by atoms with Crippen molar-refractivity contribution >= 4 is 11.6 Å². The number of hydrogen-bond acceptors (Lipinski definition) is 2. The van der Waals surface area contributed by atoms with Gasteiger partial charge in [0.15, 0.2) is 0 Å². The lowest BCUT2D eigenvalue weighted by Crippen LogP contribution is -2.14. The van der Waals surface area contributed by atoms with Gasteiger partial charge in [0.1, 0.15) is 5.82 Å². The summed E-state index contributed by atoms with van der Waals surface area (Å²) in [5.41, 5.74) is 2.52. The zero-order valence-electron chi connectivity index (χ0n) is 13.3. The van der Waals surface area contributed by atoms with Gasteiger partial charge in [0.25, 0.3) is 0 Å². The van der Waals surface area contributed by atoms with E-state index in [1.54, 1.807) is 18.6 Å². The van der Waals surface area contributed by atoms with E-state index in [1.165, 1.54) is 12.1 Å². The summed E-state index contributed by atoms with van der Waals surface area (Å²) >= 11 is 0. The molecule has 1 aromatic heterocycles. The van der Waals surface area contributed by atoms with Crippen molar-refractivity contribution in [1.82, 2.24) is 9.55 Å². The number of benzene rings is 2. The lowest BCUT2D eigenvalue weighted by atomic mass is 9.97. The zero-order chi connectivity index (χ0) is 16.9. The van der Waals surface area contributed by atoms with E-state index >= 15 is 0 Å². The smallest absolute Gasteiger partial charge is 0.224 e. The average Bonchev–Trinajstić information content (AvgIpc) is 3.10. The maximum absolute atomic E-state index is 13.3. The standard InChI is InChI=1S/C19H18FN3O/c1-14(15-3-2-4-16(20)12-15)11-19(24)22-17-5-7-18(8-6-17)23-10-9-21-13-23/h2-10,12-14H,11H2,1H3,(H,22,24). The topological polar surface area (TPSA) is 46.9 Å². The third-order valence-corrected chi connectivity index (χ3v) is 3.86. The quantitative estimate of drug-likeness (QED) is 0.767. The van der Waals surface area contributed by atoms with Crippen molar-refractivity contribution in [3.8, 4) is 5.69 Å². The second-order valence-electron chi connectivity index (χ2n) is 5.73. The van der Waals surface area contributed by atoms with Gasteiger partial charge in [-0.1, -0.05) is 19.1 Å². The van der Waals surface area contributed by atoms with Crippen molar-refractivity contribution < 1.29 is 9.18 Å². The second-order valence-corrected chi connectivity index (χ2v) is 5.73. The number of hydrogen-bond donors (Lipinski definition) is 1. The van der Waals surface area contributed by atoms with Crippen LogP contribution in [0.4, 0.5) is 10.1 Å². The molecule has 24 heavy (non-hydrogen) atoms. The fourth-order valence-electron chi connectivity index (χ4n) is 2.55. The van der Waals surface area contributed by atoms with Gasteiger partial charge in [0.05, 0.1) is 6.33 Å². The van der Waals surface area contributed by atoms with Crippen LogP contribution in [0.15, 0.2) is 67.3 Å². The molecule has 1 atom stereocenters. The van der Waals surface area contributed by atoms with Crippen LogP contribution in [0.3, 0.4) is 0 Å². The first kappa shape index (κ1) is 15.9. The predicted octanol–water partition coefficient (Wildman–Crippen LogP) is 4.14. The molecule has 1 unspecified atom stereocenters. The number of carbonyl (C=O) groups is 1. The van der Waals surface area contributed by atoms with Crippen molar-refractivity contribution in [2.75, 3.05) is 5.32 Å². The minimum absolute atomic E-state index is 0.0501. The molecule has 0 bridgehead atoms. The molecule has 0 radical (unpaired) electrons. The van der Waals surface area contributed by atoms with Crippen molar-refractivity contribution in [2.45, 2.75) is 19.3 Å². The molecule has 122 valence electrons. The predicted molar refractivity (Wildman–Crippen MR) is 91.6 cm³/mol. The third kappa shape index (κ3) is 3.87. The van der Waals surface area contributed by atoms with Crippen LogP contribution in [0, 0.1) is 5.82 Å². The molecule has 5 heteroatoms. The van der Waals surface area contributed by atoms with E-state index in [1.807, 2.05) is 48.0 Å². The minimum Gasteiger partial charge on any atom is -0.326 e. The summed E-state index contributed by atoms with van der Waals surface area (Å²) in [6.07, 6.45) is 5.58. The average molecular weight is 323 g/mol. The molecule has 0 saturated heterocycles. The zero-order valence-corrected chi connectivity index (χ0v) is 13.3. The molecule has 0 aliphatic rings. The van der Waals surface area contributed by atoms with E-state index < -0.39 is 0 Å². The van der Waals surface area contributed by atoms with Crippen LogP contribution in [0.5, 0.6) is 0 Å². The SMILES string of the molecule is CC(CC(=O)Nc1ccc(-n2ccnc2)cc1)c1cccc(F)c1. The lowest BCUT2D eigenvalue weighted by Gasteiger charge is -2.12. The van der Waals surface area contributed by atoms with Crippen LogP contribution in [-0.2, 0) is 4.79 Å². The van der Waals surface area contributed by atoms with Crippen LogP contribution in [0.1, 0.15) is 24.8 Å². The molecule has 3 rings (SSSR count). The Morgan fingerprint density at radius 2 is 2.04 bits per heavy atom. The van der Waals surface area contributed by atoms with E-state index in [4.69, 9.17) is 0 Å². The third-order valence-electron chi connectivity index (χ3n) is 3.86. The molecule has 1 amide bonds. The summed E-state index contributed by atoms with van der Waals surface area (Å²) in [7, 11) is 0. The number of anilines is 1.